The highest BCUT2D eigenvalue weighted by atomic mass is 35.5. The van der Waals surface area contributed by atoms with E-state index in [4.69, 9.17) is 0 Å². The number of benzene rings is 2. The summed E-state index contributed by atoms with van der Waals surface area (Å²) in [6.07, 6.45) is 2.12. The lowest BCUT2D eigenvalue weighted by atomic mass is 9.99. The maximum Gasteiger partial charge on any atom is 0.226 e. The molecule has 4 rings (SSSR count). The summed E-state index contributed by atoms with van der Waals surface area (Å²) in [5, 5.41) is 0. The van der Waals surface area contributed by atoms with Crippen LogP contribution < -0.4 is 0 Å². The molecule has 1 saturated carbocycles. The van der Waals surface area contributed by atoms with Crippen LogP contribution in [0.1, 0.15) is 35.8 Å². The fraction of sp³-hybridized carbons (Fsp3) is 0.350. The van der Waals surface area contributed by atoms with E-state index >= 15 is 0 Å². The number of carbonyl (C=O) groups excluding carboxylic acids is 1. The van der Waals surface area contributed by atoms with Crippen LogP contribution in [0.25, 0.3) is 0 Å². The van der Waals surface area contributed by atoms with Crippen LogP contribution in [-0.2, 0) is 4.79 Å². The highest BCUT2D eigenvalue weighted by Gasteiger charge is 2.46. The van der Waals surface area contributed by atoms with Crippen LogP contribution in [0, 0.1) is 5.92 Å². The van der Waals surface area contributed by atoms with Gasteiger partial charge in [0, 0.05) is 24.9 Å². The Morgan fingerprint density at radius 2 is 1.52 bits per heavy atom. The van der Waals surface area contributed by atoms with Crippen LogP contribution in [0.5, 0.6) is 0 Å². The molecule has 1 heterocycles. The highest BCUT2D eigenvalue weighted by molar-refractivity contribution is 5.85. The van der Waals surface area contributed by atoms with Gasteiger partial charge in [-0.05, 0) is 29.9 Å². The first-order valence-electron chi connectivity index (χ1n) is 8.21. The second-order valence-corrected chi connectivity index (χ2v) is 6.54. The number of nitrogens with zero attached hydrogens (tertiary/aromatic N) is 1. The predicted molar refractivity (Wildman–Crippen MR) is 94.9 cm³/mol. The SMILES string of the molecule is Cl.O=C(C1CC1c1ccccc1)N1CCC(c2ccccc2)C1. The number of halogens is 1. The number of rotatable bonds is 3. The predicted octanol–water partition coefficient (Wildman–Crippen LogP) is 4.23. The van der Waals surface area contributed by atoms with Crippen molar-refractivity contribution in [1.82, 2.24) is 4.90 Å². The summed E-state index contributed by atoms with van der Waals surface area (Å²) < 4.78 is 0. The zero-order valence-electron chi connectivity index (χ0n) is 13.1. The molecule has 2 aliphatic rings. The molecule has 1 aliphatic carbocycles. The number of likely N-dealkylation sites (tertiary alicyclic amines) is 1. The van der Waals surface area contributed by atoms with Crippen molar-refractivity contribution >= 4 is 18.3 Å². The number of carbonyl (C=O) groups is 1. The van der Waals surface area contributed by atoms with Gasteiger partial charge in [0.05, 0.1) is 0 Å². The Hall–Kier alpha value is -1.80. The Balaban J connectivity index is 0.00000156. The maximum atomic E-state index is 12.7. The fourth-order valence-corrected chi connectivity index (χ4v) is 3.73. The van der Waals surface area contributed by atoms with Crippen molar-refractivity contribution in [2.24, 2.45) is 5.92 Å². The van der Waals surface area contributed by atoms with Gasteiger partial charge in [0.1, 0.15) is 0 Å². The van der Waals surface area contributed by atoms with E-state index in [9.17, 15) is 4.79 Å². The van der Waals surface area contributed by atoms with E-state index in [1.54, 1.807) is 0 Å². The van der Waals surface area contributed by atoms with Gasteiger partial charge in [0.2, 0.25) is 5.91 Å². The Morgan fingerprint density at radius 3 is 2.17 bits per heavy atom. The third kappa shape index (κ3) is 3.28. The molecule has 1 aliphatic heterocycles. The topological polar surface area (TPSA) is 20.3 Å². The molecule has 2 nitrogen and oxygen atoms in total. The van der Waals surface area contributed by atoms with Gasteiger partial charge in [0.25, 0.3) is 0 Å². The zero-order valence-corrected chi connectivity index (χ0v) is 13.9. The molecule has 0 aromatic heterocycles. The quantitative estimate of drug-likeness (QED) is 0.826. The minimum atomic E-state index is 0. The second-order valence-electron chi connectivity index (χ2n) is 6.54. The molecular formula is C20H22ClNO. The van der Waals surface area contributed by atoms with Crippen molar-refractivity contribution in [1.29, 1.82) is 0 Å². The summed E-state index contributed by atoms with van der Waals surface area (Å²) in [7, 11) is 0. The van der Waals surface area contributed by atoms with Crippen molar-refractivity contribution in [2.75, 3.05) is 13.1 Å². The van der Waals surface area contributed by atoms with Crippen molar-refractivity contribution in [2.45, 2.75) is 24.7 Å². The third-order valence-corrected chi connectivity index (χ3v) is 5.11. The molecule has 3 unspecified atom stereocenters. The van der Waals surface area contributed by atoms with Crippen LogP contribution in [0.2, 0.25) is 0 Å². The summed E-state index contributed by atoms with van der Waals surface area (Å²) in [6, 6.07) is 21.1. The van der Waals surface area contributed by atoms with Crippen molar-refractivity contribution in [3.05, 3.63) is 71.8 Å². The summed E-state index contributed by atoms with van der Waals surface area (Å²) in [5.74, 6) is 1.55. The van der Waals surface area contributed by atoms with E-state index in [-0.39, 0.29) is 18.3 Å². The third-order valence-electron chi connectivity index (χ3n) is 5.11. The summed E-state index contributed by atoms with van der Waals surface area (Å²) in [6.45, 7) is 1.80. The first kappa shape index (κ1) is 16.1. The minimum absolute atomic E-state index is 0. The van der Waals surface area contributed by atoms with E-state index in [0.29, 0.717) is 17.7 Å². The molecular weight excluding hydrogens is 306 g/mol. The van der Waals surface area contributed by atoms with Crippen LogP contribution in [0.15, 0.2) is 60.7 Å². The molecule has 1 amide bonds. The lowest BCUT2D eigenvalue weighted by Gasteiger charge is -2.17. The van der Waals surface area contributed by atoms with Gasteiger partial charge in [-0.2, -0.15) is 0 Å². The average molecular weight is 328 g/mol. The van der Waals surface area contributed by atoms with Gasteiger partial charge in [-0.25, -0.2) is 0 Å². The lowest BCUT2D eigenvalue weighted by Crippen LogP contribution is -2.30. The van der Waals surface area contributed by atoms with E-state index in [2.05, 4.69) is 59.5 Å². The van der Waals surface area contributed by atoms with Crippen LogP contribution in [0.3, 0.4) is 0 Å². The highest BCUT2D eigenvalue weighted by Crippen LogP contribution is 2.49. The minimum Gasteiger partial charge on any atom is -0.342 e. The smallest absolute Gasteiger partial charge is 0.226 e. The molecule has 0 N–H and O–H groups in total. The van der Waals surface area contributed by atoms with Crippen molar-refractivity contribution < 1.29 is 4.79 Å². The van der Waals surface area contributed by atoms with Crippen LogP contribution in [0.4, 0.5) is 0 Å². The van der Waals surface area contributed by atoms with Crippen LogP contribution in [-0.4, -0.2) is 23.9 Å². The van der Waals surface area contributed by atoms with Crippen molar-refractivity contribution in [3.63, 3.8) is 0 Å². The standard InChI is InChI=1S/C20H21NO.ClH/c22-20(19-13-18(19)16-9-5-2-6-10-16)21-12-11-17(14-21)15-7-3-1-4-8-15;/h1-10,17-19H,11-14H2;1H. The normalized spacial score (nSPS) is 25.7. The molecule has 2 aromatic rings. The Kier molecular flexibility index (Phi) is 4.72. The van der Waals surface area contributed by atoms with Gasteiger partial charge in [-0.3, -0.25) is 4.79 Å². The molecule has 3 atom stereocenters. The molecule has 3 heteroatoms. The Bertz CT molecular complexity index is 658. The first-order valence-corrected chi connectivity index (χ1v) is 8.21. The largest absolute Gasteiger partial charge is 0.342 e. The van der Waals surface area contributed by atoms with Gasteiger partial charge >= 0.3 is 0 Å². The fourth-order valence-electron chi connectivity index (χ4n) is 3.73. The molecule has 2 fully saturated rings. The molecule has 2 aromatic carbocycles. The number of hydrogen-bond donors (Lipinski definition) is 0. The van der Waals surface area contributed by atoms with E-state index in [1.807, 2.05) is 6.07 Å². The monoisotopic (exact) mass is 327 g/mol. The second kappa shape index (κ2) is 6.76. The first-order chi connectivity index (χ1) is 10.8. The van der Waals surface area contributed by atoms with Gasteiger partial charge in [0.15, 0.2) is 0 Å². The number of hydrogen-bond acceptors (Lipinski definition) is 1. The van der Waals surface area contributed by atoms with E-state index < -0.39 is 0 Å². The summed E-state index contributed by atoms with van der Waals surface area (Å²) >= 11 is 0. The van der Waals surface area contributed by atoms with E-state index in [0.717, 1.165) is 25.9 Å². The van der Waals surface area contributed by atoms with Gasteiger partial charge in [-0.15, -0.1) is 12.4 Å². The Labute approximate surface area is 143 Å². The van der Waals surface area contributed by atoms with Gasteiger partial charge in [-0.1, -0.05) is 60.7 Å². The maximum absolute atomic E-state index is 12.7. The summed E-state index contributed by atoms with van der Waals surface area (Å²) in [5.41, 5.74) is 2.69. The molecule has 0 spiro atoms. The van der Waals surface area contributed by atoms with Crippen LogP contribution >= 0.6 is 12.4 Å². The van der Waals surface area contributed by atoms with E-state index in [1.165, 1.54) is 11.1 Å². The van der Waals surface area contributed by atoms with Gasteiger partial charge < -0.3 is 4.90 Å². The lowest BCUT2D eigenvalue weighted by molar-refractivity contribution is -0.131. The molecule has 1 saturated heterocycles. The molecule has 0 radical (unpaired) electrons. The average Bonchev–Trinajstić information content (AvgIpc) is 3.24. The molecule has 23 heavy (non-hydrogen) atoms. The van der Waals surface area contributed by atoms with Crippen molar-refractivity contribution in [3.8, 4) is 0 Å². The molecule has 0 bridgehead atoms. The zero-order chi connectivity index (χ0) is 14.9. The summed E-state index contributed by atoms with van der Waals surface area (Å²) in [4.78, 5) is 14.8. The molecule has 120 valence electrons. The Morgan fingerprint density at radius 1 is 0.913 bits per heavy atom. The number of amides is 1.